The van der Waals surface area contributed by atoms with Crippen LogP contribution in [0.1, 0.15) is 53.0 Å². The van der Waals surface area contributed by atoms with Gasteiger partial charge in [-0.3, -0.25) is 4.79 Å². The predicted octanol–water partition coefficient (Wildman–Crippen LogP) is 5.18. The number of hydrogen-bond acceptors (Lipinski definition) is 5. The predicted molar refractivity (Wildman–Crippen MR) is 129 cm³/mol. The molecule has 0 saturated carbocycles. The summed E-state index contributed by atoms with van der Waals surface area (Å²) < 4.78 is 11.2. The molecule has 0 saturated heterocycles. The monoisotopic (exact) mass is 463 g/mol. The minimum Gasteiger partial charge on any atom is -0.497 e. The highest BCUT2D eigenvalue weighted by molar-refractivity contribution is 6.30. The van der Waals surface area contributed by atoms with Crippen LogP contribution in [0.5, 0.6) is 11.5 Å². The molecule has 0 heterocycles. The number of amides is 1. The van der Waals surface area contributed by atoms with E-state index in [9.17, 15) is 10.1 Å². The molecule has 170 valence electrons. The van der Waals surface area contributed by atoms with E-state index in [1.54, 1.807) is 37.4 Å². The zero-order valence-corrected chi connectivity index (χ0v) is 19.5. The van der Waals surface area contributed by atoms with E-state index < -0.39 is 12.1 Å². The molecule has 0 bridgehead atoms. The molecule has 0 aliphatic rings. The van der Waals surface area contributed by atoms with Crippen molar-refractivity contribution >= 4 is 17.5 Å². The number of hydrogen-bond donors (Lipinski definition) is 2. The van der Waals surface area contributed by atoms with Gasteiger partial charge in [-0.05, 0) is 67.4 Å². The molecular formula is C26H26ClN3O3. The van der Waals surface area contributed by atoms with Crippen molar-refractivity contribution in [2.45, 2.75) is 32.0 Å². The van der Waals surface area contributed by atoms with Gasteiger partial charge in [-0.1, -0.05) is 35.9 Å². The smallest absolute Gasteiger partial charge is 0.255 e. The van der Waals surface area contributed by atoms with Gasteiger partial charge in [-0.15, -0.1) is 0 Å². The molecule has 0 unspecified atom stereocenters. The quantitative estimate of drug-likeness (QED) is 0.479. The Labute approximate surface area is 198 Å². The Bertz CT molecular complexity index is 1160. The SMILES string of the molecule is COc1cccc([C@H](NC(=O)c2ccc(C#N)cc2OC(C)C)[C@H](N)c2ccc(Cl)cc2)c1. The highest BCUT2D eigenvalue weighted by Crippen LogP contribution is 2.31. The topological polar surface area (TPSA) is 97.4 Å². The van der Waals surface area contributed by atoms with Crippen molar-refractivity contribution in [3.8, 4) is 17.6 Å². The Hall–Kier alpha value is -3.53. The van der Waals surface area contributed by atoms with E-state index in [2.05, 4.69) is 11.4 Å². The van der Waals surface area contributed by atoms with Crippen LogP contribution < -0.4 is 20.5 Å². The lowest BCUT2D eigenvalue weighted by molar-refractivity contribution is 0.0924. The van der Waals surface area contributed by atoms with Gasteiger partial charge in [0.15, 0.2) is 0 Å². The molecular weight excluding hydrogens is 438 g/mol. The first-order valence-corrected chi connectivity index (χ1v) is 10.9. The first kappa shape index (κ1) is 24.1. The number of rotatable bonds is 8. The minimum absolute atomic E-state index is 0.170. The average Bonchev–Trinajstić information content (AvgIpc) is 2.82. The number of methoxy groups -OCH3 is 1. The van der Waals surface area contributed by atoms with Gasteiger partial charge in [0.25, 0.3) is 5.91 Å². The number of carbonyl (C=O) groups is 1. The van der Waals surface area contributed by atoms with E-state index in [0.29, 0.717) is 27.6 Å². The lowest BCUT2D eigenvalue weighted by Crippen LogP contribution is -2.36. The van der Waals surface area contributed by atoms with Crippen molar-refractivity contribution in [2.75, 3.05) is 7.11 Å². The highest BCUT2D eigenvalue weighted by atomic mass is 35.5. The molecule has 0 fully saturated rings. The number of benzene rings is 3. The van der Waals surface area contributed by atoms with Crippen LogP contribution in [-0.4, -0.2) is 19.1 Å². The first-order chi connectivity index (χ1) is 15.8. The van der Waals surface area contributed by atoms with Gasteiger partial charge in [0.1, 0.15) is 11.5 Å². The van der Waals surface area contributed by atoms with Gasteiger partial charge in [0.2, 0.25) is 0 Å². The van der Waals surface area contributed by atoms with Crippen LogP contribution in [0.3, 0.4) is 0 Å². The second kappa shape index (κ2) is 10.9. The van der Waals surface area contributed by atoms with Gasteiger partial charge in [0.05, 0.1) is 42.5 Å². The largest absolute Gasteiger partial charge is 0.497 e. The van der Waals surface area contributed by atoms with Gasteiger partial charge < -0.3 is 20.5 Å². The maximum atomic E-state index is 13.4. The molecule has 3 rings (SSSR count). The summed E-state index contributed by atoms with van der Waals surface area (Å²) in [5.41, 5.74) is 8.95. The van der Waals surface area contributed by atoms with Crippen molar-refractivity contribution in [2.24, 2.45) is 5.73 Å². The van der Waals surface area contributed by atoms with E-state index in [1.807, 2.05) is 50.2 Å². The van der Waals surface area contributed by atoms with Crippen molar-refractivity contribution in [3.63, 3.8) is 0 Å². The minimum atomic E-state index is -0.573. The summed E-state index contributed by atoms with van der Waals surface area (Å²) in [7, 11) is 1.58. The maximum absolute atomic E-state index is 13.4. The molecule has 1 amide bonds. The molecule has 3 aromatic rings. The summed E-state index contributed by atoms with van der Waals surface area (Å²) in [5.74, 6) is 0.621. The van der Waals surface area contributed by atoms with E-state index in [4.69, 9.17) is 26.8 Å². The van der Waals surface area contributed by atoms with Gasteiger partial charge in [-0.2, -0.15) is 5.26 Å². The van der Waals surface area contributed by atoms with E-state index in [-0.39, 0.29) is 12.0 Å². The summed E-state index contributed by atoms with van der Waals surface area (Å²) in [6.07, 6.45) is -0.170. The Balaban J connectivity index is 2.00. The number of nitrogens with two attached hydrogens (primary N) is 1. The third-order valence-electron chi connectivity index (χ3n) is 5.07. The molecule has 0 aliphatic heterocycles. The van der Waals surface area contributed by atoms with E-state index >= 15 is 0 Å². The van der Waals surface area contributed by atoms with Crippen LogP contribution in [-0.2, 0) is 0 Å². The third kappa shape index (κ3) is 6.04. The second-order valence-corrected chi connectivity index (χ2v) is 8.23. The van der Waals surface area contributed by atoms with Crippen LogP contribution in [0.25, 0.3) is 0 Å². The molecule has 6 nitrogen and oxygen atoms in total. The number of nitrogens with zero attached hydrogens (tertiary/aromatic N) is 1. The first-order valence-electron chi connectivity index (χ1n) is 10.5. The van der Waals surface area contributed by atoms with Crippen molar-refractivity contribution in [1.82, 2.24) is 5.32 Å². The standard InChI is InChI=1S/C26H26ClN3O3/c1-16(2)33-23-13-17(15-28)7-12-22(23)26(31)30-25(19-5-4-6-21(14-19)32-3)24(29)18-8-10-20(27)11-9-18/h4-14,16,24-25H,29H2,1-3H3,(H,30,31)/t24-,25+/m1/s1. The molecule has 7 heteroatoms. The molecule has 0 spiro atoms. The fourth-order valence-electron chi connectivity index (χ4n) is 3.44. The molecule has 2 atom stereocenters. The van der Waals surface area contributed by atoms with Crippen LogP contribution >= 0.6 is 11.6 Å². The van der Waals surface area contributed by atoms with Crippen molar-refractivity contribution < 1.29 is 14.3 Å². The van der Waals surface area contributed by atoms with E-state index in [1.165, 1.54) is 0 Å². The maximum Gasteiger partial charge on any atom is 0.255 e. The van der Waals surface area contributed by atoms with Gasteiger partial charge in [-0.25, -0.2) is 0 Å². The van der Waals surface area contributed by atoms with E-state index in [0.717, 1.165) is 11.1 Å². The highest BCUT2D eigenvalue weighted by Gasteiger charge is 2.26. The lowest BCUT2D eigenvalue weighted by atomic mass is 9.93. The fraction of sp³-hybridized carbons (Fsp3) is 0.231. The summed E-state index contributed by atoms with van der Waals surface area (Å²) in [6.45, 7) is 3.71. The lowest BCUT2D eigenvalue weighted by Gasteiger charge is -2.27. The summed E-state index contributed by atoms with van der Waals surface area (Å²) in [5, 5.41) is 12.9. The molecule has 0 aliphatic carbocycles. The number of carbonyl (C=O) groups excluding carboxylic acids is 1. The molecule has 3 N–H and O–H groups in total. The summed E-state index contributed by atoms with van der Waals surface area (Å²) in [6, 6.07) is 20.3. The van der Waals surface area contributed by atoms with Crippen LogP contribution in [0, 0.1) is 11.3 Å². The Kier molecular flexibility index (Phi) is 7.94. The van der Waals surface area contributed by atoms with Crippen LogP contribution in [0.2, 0.25) is 5.02 Å². The number of nitriles is 1. The average molecular weight is 464 g/mol. The second-order valence-electron chi connectivity index (χ2n) is 7.79. The molecule has 0 aromatic heterocycles. The van der Waals surface area contributed by atoms with Crippen LogP contribution in [0.4, 0.5) is 0 Å². The summed E-state index contributed by atoms with van der Waals surface area (Å²) in [4.78, 5) is 13.4. The molecule has 0 radical (unpaired) electrons. The normalized spacial score (nSPS) is 12.5. The number of nitrogens with one attached hydrogen (secondary N) is 1. The molecule has 3 aromatic carbocycles. The van der Waals surface area contributed by atoms with Crippen molar-refractivity contribution in [1.29, 1.82) is 5.26 Å². The fourth-order valence-corrected chi connectivity index (χ4v) is 3.57. The van der Waals surface area contributed by atoms with Crippen molar-refractivity contribution in [3.05, 3.63) is 94.0 Å². The van der Waals surface area contributed by atoms with Crippen LogP contribution in [0.15, 0.2) is 66.7 Å². The summed E-state index contributed by atoms with van der Waals surface area (Å²) >= 11 is 6.04. The zero-order chi connectivity index (χ0) is 24.0. The van der Waals surface area contributed by atoms with Gasteiger partial charge >= 0.3 is 0 Å². The molecule has 33 heavy (non-hydrogen) atoms. The Morgan fingerprint density at radius 1 is 1.06 bits per heavy atom. The number of ether oxygens (including phenoxy) is 2. The zero-order valence-electron chi connectivity index (χ0n) is 18.7. The Morgan fingerprint density at radius 3 is 2.42 bits per heavy atom. The third-order valence-corrected chi connectivity index (χ3v) is 5.32. The number of halogens is 1. The Morgan fingerprint density at radius 2 is 1.79 bits per heavy atom. The van der Waals surface area contributed by atoms with Gasteiger partial charge in [0, 0.05) is 5.02 Å².